The Bertz CT molecular complexity index is 4610. The molecule has 0 saturated carbocycles. The molecule has 3 aliphatic carbocycles. The van der Waals surface area contributed by atoms with E-state index in [1.165, 1.54) is 54.4 Å². The minimum atomic E-state index is -3.77. The summed E-state index contributed by atoms with van der Waals surface area (Å²) in [5.74, 6) is 0.432. The number of benzene rings is 8. The highest BCUT2D eigenvalue weighted by atomic mass is 32.2. The van der Waals surface area contributed by atoms with Crippen molar-refractivity contribution in [1.82, 2.24) is 9.13 Å². The number of hydrogen-bond acceptors (Lipinski definition) is 5. The molecule has 382 valence electrons. The van der Waals surface area contributed by atoms with Crippen LogP contribution in [0.5, 0.6) is 0 Å². The van der Waals surface area contributed by atoms with Gasteiger partial charge in [-0.3, -0.25) is 0 Å². The third kappa shape index (κ3) is 6.96. The molecule has 0 bridgehead atoms. The molecule has 6 nitrogen and oxygen atoms in total. The van der Waals surface area contributed by atoms with Crippen LogP contribution in [0.4, 0.5) is 11.4 Å². The van der Waals surface area contributed by atoms with Gasteiger partial charge < -0.3 is 14.0 Å². The van der Waals surface area contributed by atoms with E-state index >= 15 is 0 Å². The summed E-state index contributed by atoms with van der Waals surface area (Å²) in [5, 5.41) is 5.06. The van der Waals surface area contributed by atoms with Crippen LogP contribution in [0, 0.1) is 5.92 Å². The zero-order valence-electron chi connectivity index (χ0n) is 43.7. The molecule has 5 heterocycles. The van der Waals surface area contributed by atoms with Crippen molar-refractivity contribution in [2.75, 3.05) is 4.90 Å². The van der Waals surface area contributed by atoms with Gasteiger partial charge in [-0.15, -0.1) is 11.8 Å². The molecule has 6 unspecified atom stereocenters. The average Bonchev–Trinajstić information content (AvgIpc) is 3.95. The number of fused-ring (bicyclic) bond motifs is 13. The average molecular weight is 1060 g/mol. The van der Waals surface area contributed by atoms with E-state index in [2.05, 4.69) is 257 Å². The molecule has 6 aliphatic rings. The maximum atomic E-state index is 14.1. The summed E-state index contributed by atoms with van der Waals surface area (Å²) in [4.78, 5) is 8.99. The van der Waals surface area contributed by atoms with Gasteiger partial charge in [0.25, 0.3) is 0 Å². The van der Waals surface area contributed by atoms with Gasteiger partial charge in [0.15, 0.2) is 0 Å². The molecule has 1 fully saturated rings. The normalized spacial score (nSPS) is 23.1. The number of sulfone groups is 1. The molecule has 8 heteroatoms. The van der Waals surface area contributed by atoms with E-state index in [1.54, 1.807) is 0 Å². The van der Waals surface area contributed by atoms with Crippen LogP contribution in [0.1, 0.15) is 42.9 Å². The van der Waals surface area contributed by atoms with Crippen LogP contribution in [-0.4, -0.2) is 40.4 Å². The van der Waals surface area contributed by atoms with Crippen molar-refractivity contribution in [2.45, 2.75) is 60.4 Å². The largest absolute Gasteiger partial charge is 0.353 e. The number of aromatic nitrogens is 2. The molecular formula is C71H54N4O2S2. The number of anilines is 1. The zero-order chi connectivity index (χ0) is 52.7. The van der Waals surface area contributed by atoms with Crippen LogP contribution in [-0.2, 0) is 21.8 Å². The number of aliphatic imine (C=N–C) groups is 1. The fraction of sp³-hybridized carbons (Fsp3) is 0.141. The van der Waals surface area contributed by atoms with Crippen LogP contribution in [0.15, 0.2) is 251 Å². The van der Waals surface area contributed by atoms with E-state index in [-0.39, 0.29) is 22.9 Å². The first kappa shape index (κ1) is 46.6. The standard InChI is InChI=1S/C71H54N4O2S2/c1-3-18-48-35-49(39-68-69(48)72-43-79(68,76)77)50-38-65(73-59-27-14-10-23-51(59)55-36-46(31-33-61(55)73)44-19-6-4-7-20-44)70(74-60-28-15-11-24-52(60)57-40-58-54-26-13-17-30-66(54)78-67(58)41-64(57)74)71(2,42-50)75-62-29-16-12-25-53(62)56-37-47(32-34-63(56)75)45-21-8-5-9-22-45/h4-17,19-43,54,57,64,66,70H,3,18H2,1-2H3. The third-order valence-corrected chi connectivity index (χ3v) is 20.4. The molecule has 3 aliphatic heterocycles. The van der Waals surface area contributed by atoms with Crippen molar-refractivity contribution in [2.24, 2.45) is 10.9 Å². The number of rotatable bonds is 8. The molecule has 16 rings (SSSR count). The lowest BCUT2D eigenvalue weighted by atomic mass is 9.77. The maximum Gasteiger partial charge on any atom is 0.219 e. The number of allylic oxidation sites excluding steroid dienone is 6. The molecule has 79 heavy (non-hydrogen) atoms. The monoisotopic (exact) mass is 1060 g/mol. The lowest BCUT2D eigenvalue weighted by molar-refractivity contribution is 0.362. The van der Waals surface area contributed by atoms with Gasteiger partial charge in [-0.05, 0) is 136 Å². The Balaban J connectivity index is 1.03. The van der Waals surface area contributed by atoms with Gasteiger partial charge in [0.1, 0.15) is 5.55 Å². The predicted octanol–water partition coefficient (Wildman–Crippen LogP) is 17.0. The Kier molecular flexibility index (Phi) is 10.4. The highest BCUT2D eigenvalue weighted by Gasteiger charge is 2.53. The lowest BCUT2D eigenvalue weighted by Gasteiger charge is -2.50. The van der Waals surface area contributed by atoms with Crippen LogP contribution in [0.2, 0.25) is 0 Å². The third-order valence-electron chi connectivity index (χ3n) is 17.7. The lowest BCUT2D eigenvalue weighted by Crippen LogP contribution is -2.56. The Hall–Kier alpha value is -8.43. The van der Waals surface area contributed by atoms with Crippen LogP contribution >= 0.6 is 11.8 Å². The molecule has 0 radical (unpaired) electrons. The first-order chi connectivity index (χ1) is 38.7. The summed E-state index contributed by atoms with van der Waals surface area (Å²) in [6.07, 6.45) is 20.9. The summed E-state index contributed by atoms with van der Waals surface area (Å²) in [6, 6.07) is 66.0. The molecule has 0 spiro atoms. The van der Waals surface area contributed by atoms with E-state index < -0.39 is 15.4 Å². The zero-order valence-corrected chi connectivity index (χ0v) is 45.4. The second-order valence-corrected chi connectivity index (χ2v) is 25.2. The minimum absolute atomic E-state index is 0.0339. The van der Waals surface area contributed by atoms with Crippen molar-refractivity contribution in [1.29, 1.82) is 0 Å². The van der Waals surface area contributed by atoms with Gasteiger partial charge in [-0.25, -0.2) is 13.4 Å². The van der Waals surface area contributed by atoms with Gasteiger partial charge >= 0.3 is 0 Å². The van der Waals surface area contributed by atoms with E-state index in [0.717, 1.165) is 67.6 Å². The molecule has 1 saturated heterocycles. The molecule has 8 aromatic carbocycles. The van der Waals surface area contributed by atoms with Gasteiger partial charge in [0, 0.05) is 60.4 Å². The Labute approximate surface area is 464 Å². The van der Waals surface area contributed by atoms with Crippen molar-refractivity contribution in [3.63, 3.8) is 0 Å². The van der Waals surface area contributed by atoms with Gasteiger partial charge in [0.05, 0.1) is 44.8 Å². The smallest absolute Gasteiger partial charge is 0.219 e. The van der Waals surface area contributed by atoms with Gasteiger partial charge in [0.2, 0.25) is 9.84 Å². The Morgan fingerprint density at radius 1 is 0.608 bits per heavy atom. The number of thioether (sulfide) groups is 1. The minimum Gasteiger partial charge on any atom is -0.353 e. The number of hydrogen-bond donors (Lipinski definition) is 0. The second-order valence-electron chi connectivity index (χ2n) is 22.2. The molecule has 10 aromatic rings. The summed E-state index contributed by atoms with van der Waals surface area (Å²) in [6.45, 7) is 4.60. The molecule has 0 amide bonds. The summed E-state index contributed by atoms with van der Waals surface area (Å²) in [5.41, 5.74) is 17.8. The van der Waals surface area contributed by atoms with Crippen molar-refractivity contribution < 1.29 is 8.42 Å². The Morgan fingerprint density at radius 3 is 2.00 bits per heavy atom. The first-order valence-corrected chi connectivity index (χ1v) is 30.1. The fourth-order valence-electron chi connectivity index (χ4n) is 14.4. The summed E-state index contributed by atoms with van der Waals surface area (Å²) in [7, 11) is -3.77. The molecule has 0 N–H and O–H groups in total. The SMILES string of the molecule is CCCc1cc(C2=CC(C)(n3c4ccccc4c4cc(-c5ccccc5)ccc43)C(N3c4ccccc4C4C=C5C(=CC43)SC3C=CC=CC53)C(n3c4ccccc4c4cc(-c5ccccc5)ccc43)=C2)cc2c1N=CS2(=O)=O. The molecular weight excluding hydrogens is 1000 g/mol. The van der Waals surface area contributed by atoms with E-state index in [4.69, 9.17) is 0 Å². The number of para-hydroxylation sites is 3. The van der Waals surface area contributed by atoms with Crippen molar-refractivity contribution >= 4 is 93.4 Å². The van der Waals surface area contributed by atoms with Gasteiger partial charge in [-0.1, -0.05) is 171 Å². The summed E-state index contributed by atoms with van der Waals surface area (Å²) >= 11 is 2.00. The van der Waals surface area contributed by atoms with E-state index in [1.807, 2.05) is 17.8 Å². The summed E-state index contributed by atoms with van der Waals surface area (Å²) < 4.78 is 33.3. The van der Waals surface area contributed by atoms with Crippen LogP contribution in [0.25, 0.3) is 77.1 Å². The van der Waals surface area contributed by atoms with Crippen LogP contribution < -0.4 is 4.90 Å². The van der Waals surface area contributed by atoms with E-state index in [0.29, 0.717) is 23.3 Å². The fourth-order valence-corrected chi connectivity index (χ4v) is 16.9. The maximum absolute atomic E-state index is 14.1. The number of aryl methyl sites for hydroxylation is 1. The van der Waals surface area contributed by atoms with Crippen molar-refractivity contribution in [3.8, 4) is 22.3 Å². The second kappa shape index (κ2) is 17.5. The van der Waals surface area contributed by atoms with E-state index in [9.17, 15) is 8.42 Å². The molecule has 2 aromatic heterocycles. The highest BCUT2D eigenvalue weighted by molar-refractivity contribution is 8.05. The number of nitrogens with zero attached hydrogens (tertiary/aromatic N) is 4. The Morgan fingerprint density at radius 2 is 1.24 bits per heavy atom. The topological polar surface area (TPSA) is 59.6 Å². The first-order valence-electron chi connectivity index (χ1n) is 27.7. The molecule has 6 atom stereocenters. The van der Waals surface area contributed by atoms with Crippen molar-refractivity contribution in [3.05, 3.63) is 258 Å². The van der Waals surface area contributed by atoms with Crippen LogP contribution in [0.3, 0.4) is 0 Å². The quantitative estimate of drug-likeness (QED) is 0.152. The predicted molar refractivity (Wildman–Crippen MR) is 330 cm³/mol. The highest BCUT2D eigenvalue weighted by Crippen LogP contribution is 2.59. The van der Waals surface area contributed by atoms with Gasteiger partial charge in [-0.2, -0.15) is 0 Å².